The molecule has 0 saturated carbocycles. The number of unbranched alkanes of at least 4 members (excludes halogenated alkanes) is 22. The van der Waals surface area contributed by atoms with Crippen LogP contribution in [-0.4, -0.2) is 89.6 Å². The van der Waals surface area contributed by atoms with E-state index in [0.717, 1.165) is 57.8 Å². The van der Waals surface area contributed by atoms with E-state index in [1.807, 2.05) is 0 Å². The number of carbonyl (C=O) groups is 1. The van der Waals surface area contributed by atoms with E-state index in [4.69, 9.17) is 18.9 Å². The lowest BCUT2D eigenvalue weighted by molar-refractivity contribution is -0.305. The molecular formula is C47H86O9. The van der Waals surface area contributed by atoms with Crippen molar-refractivity contribution in [1.29, 1.82) is 0 Å². The summed E-state index contributed by atoms with van der Waals surface area (Å²) in [4.78, 5) is 12.8. The lowest BCUT2D eigenvalue weighted by Crippen LogP contribution is -2.59. The van der Waals surface area contributed by atoms with Gasteiger partial charge in [0.25, 0.3) is 0 Å². The maximum Gasteiger partial charge on any atom is 0.306 e. The van der Waals surface area contributed by atoms with Crippen molar-refractivity contribution in [1.82, 2.24) is 0 Å². The third-order valence-electron chi connectivity index (χ3n) is 10.5. The number of allylic oxidation sites excluding steroid dienone is 6. The Morgan fingerprint density at radius 1 is 0.571 bits per heavy atom. The molecule has 0 bridgehead atoms. The Morgan fingerprint density at radius 3 is 1.59 bits per heavy atom. The molecule has 0 spiro atoms. The minimum atomic E-state index is -1.54. The normalized spacial score (nSPS) is 20.9. The van der Waals surface area contributed by atoms with Crippen molar-refractivity contribution >= 4 is 5.97 Å². The first-order chi connectivity index (χ1) is 27.4. The van der Waals surface area contributed by atoms with Crippen molar-refractivity contribution in [3.05, 3.63) is 36.5 Å². The van der Waals surface area contributed by atoms with Crippen molar-refractivity contribution < 1.29 is 44.2 Å². The number of hydrogen-bond donors (Lipinski definition) is 4. The highest BCUT2D eigenvalue weighted by molar-refractivity contribution is 5.69. The van der Waals surface area contributed by atoms with Crippen molar-refractivity contribution in [2.45, 2.75) is 230 Å². The average Bonchev–Trinajstić information content (AvgIpc) is 3.20. The van der Waals surface area contributed by atoms with Crippen LogP contribution in [0, 0.1) is 0 Å². The van der Waals surface area contributed by atoms with Gasteiger partial charge in [0.05, 0.1) is 19.8 Å². The van der Waals surface area contributed by atoms with Crippen LogP contribution in [0.2, 0.25) is 0 Å². The van der Waals surface area contributed by atoms with Gasteiger partial charge in [-0.3, -0.25) is 4.79 Å². The summed E-state index contributed by atoms with van der Waals surface area (Å²) in [6.45, 7) is 4.51. The van der Waals surface area contributed by atoms with Crippen LogP contribution in [0.15, 0.2) is 36.5 Å². The van der Waals surface area contributed by atoms with Crippen molar-refractivity contribution in [3.8, 4) is 0 Å². The molecular weight excluding hydrogens is 709 g/mol. The molecule has 328 valence electrons. The number of rotatable bonds is 39. The molecule has 1 saturated heterocycles. The lowest BCUT2D eigenvalue weighted by Gasteiger charge is -2.39. The molecule has 6 unspecified atom stereocenters. The van der Waals surface area contributed by atoms with Gasteiger partial charge in [-0.2, -0.15) is 0 Å². The predicted molar refractivity (Wildman–Crippen MR) is 228 cm³/mol. The Bertz CT molecular complexity index is 952. The SMILES string of the molecule is CCCCC/C=C\C/C=C\CCCCCCCC(=O)OC(COCCCCCCCCCC/C=C\CCCCCCCC)COC1OC(CO)C(O)C(O)C1O. The molecule has 1 fully saturated rings. The van der Waals surface area contributed by atoms with Crippen molar-refractivity contribution in [2.24, 2.45) is 0 Å². The second-order valence-electron chi connectivity index (χ2n) is 15.8. The van der Waals surface area contributed by atoms with Crippen LogP contribution in [0.4, 0.5) is 0 Å². The van der Waals surface area contributed by atoms with Crippen LogP contribution in [-0.2, 0) is 23.7 Å². The molecule has 4 N–H and O–H groups in total. The van der Waals surface area contributed by atoms with E-state index in [1.165, 1.54) is 116 Å². The topological polar surface area (TPSA) is 135 Å². The molecule has 56 heavy (non-hydrogen) atoms. The van der Waals surface area contributed by atoms with Gasteiger partial charge in [-0.05, 0) is 70.6 Å². The largest absolute Gasteiger partial charge is 0.457 e. The quantitative estimate of drug-likeness (QED) is 0.0272. The number of aliphatic hydroxyl groups excluding tert-OH is 4. The second kappa shape index (κ2) is 38.9. The Kier molecular flexibility index (Phi) is 36.4. The lowest BCUT2D eigenvalue weighted by atomic mass is 9.99. The zero-order chi connectivity index (χ0) is 40.7. The van der Waals surface area contributed by atoms with E-state index in [1.54, 1.807) is 0 Å². The van der Waals surface area contributed by atoms with E-state index in [-0.39, 0.29) is 19.2 Å². The maximum absolute atomic E-state index is 12.8. The summed E-state index contributed by atoms with van der Waals surface area (Å²) in [6, 6.07) is 0. The molecule has 0 amide bonds. The van der Waals surface area contributed by atoms with Gasteiger partial charge in [0.15, 0.2) is 6.29 Å². The third kappa shape index (κ3) is 29.6. The molecule has 1 rings (SSSR count). The minimum Gasteiger partial charge on any atom is -0.457 e. The van der Waals surface area contributed by atoms with Crippen LogP contribution in [0.1, 0.15) is 194 Å². The number of hydrogen-bond acceptors (Lipinski definition) is 9. The van der Waals surface area contributed by atoms with E-state index in [0.29, 0.717) is 13.0 Å². The second-order valence-corrected chi connectivity index (χ2v) is 15.8. The third-order valence-corrected chi connectivity index (χ3v) is 10.5. The summed E-state index contributed by atoms with van der Waals surface area (Å²) in [6.07, 6.45) is 38.8. The highest BCUT2D eigenvalue weighted by Crippen LogP contribution is 2.22. The fourth-order valence-electron chi connectivity index (χ4n) is 6.87. The summed E-state index contributed by atoms with van der Waals surface area (Å²) in [5.74, 6) is -0.328. The summed E-state index contributed by atoms with van der Waals surface area (Å²) in [5, 5.41) is 40.1. The van der Waals surface area contributed by atoms with Crippen LogP contribution in [0.25, 0.3) is 0 Å². The number of aliphatic hydroxyl groups is 4. The number of carbonyl (C=O) groups excluding carboxylic acids is 1. The Labute approximate surface area is 342 Å². The minimum absolute atomic E-state index is 0.120. The zero-order valence-electron chi connectivity index (χ0n) is 35.9. The van der Waals surface area contributed by atoms with E-state index >= 15 is 0 Å². The zero-order valence-corrected chi connectivity index (χ0v) is 35.9. The number of esters is 1. The molecule has 9 nitrogen and oxygen atoms in total. The van der Waals surface area contributed by atoms with E-state index in [2.05, 4.69) is 50.3 Å². The fourth-order valence-corrected chi connectivity index (χ4v) is 6.87. The summed E-state index contributed by atoms with van der Waals surface area (Å²) in [5.41, 5.74) is 0. The van der Waals surface area contributed by atoms with Gasteiger partial charge in [0.2, 0.25) is 0 Å². The highest BCUT2D eigenvalue weighted by atomic mass is 16.7. The van der Waals surface area contributed by atoms with Crippen molar-refractivity contribution in [3.63, 3.8) is 0 Å². The first kappa shape index (κ1) is 52.4. The molecule has 0 aromatic heterocycles. The van der Waals surface area contributed by atoms with Crippen LogP contribution >= 0.6 is 0 Å². The van der Waals surface area contributed by atoms with Gasteiger partial charge in [0, 0.05) is 13.0 Å². The molecule has 0 aromatic rings. The van der Waals surface area contributed by atoms with Crippen LogP contribution < -0.4 is 0 Å². The highest BCUT2D eigenvalue weighted by Gasteiger charge is 2.44. The van der Waals surface area contributed by atoms with Gasteiger partial charge in [-0.25, -0.2) is 0 Å². The van der Waals surface area contributed by atoms with Gasteiger partial charge in [-0.1, -0.05) is 153 Å². The smallest absolute Gasteiger partial charge is 0.306 e. The molecule has 0 aliphatic carbocycles. The monoisotopic (exact) mass is 795 g/mol. The van der Waals surface area contributed by atoms with Gasteiger partial charge in [-0.15, -0.1) is 0 Å². The standard InChI is InChI=1S/C47H86O9/c1-3-5-7-9-11-13-15-17-19-20-21-23-25-27-29-31-33-35-37-53-39-41(40-54-47-46(52)45(51)44(50)42(38-48)56-47)55-43(49)36-34-32-30-28-26-24-22-18-16-14-12-10-8-6-4-2/h12,14,17-19,22,41-42,44-48,50-52H,3-11,13,15-16,20-21,23-40H2,1-2H3/b14-12-,19-17-,22-18-. The molecule has 1 aliphatic heterocycles. The molecule has 0 aromatic carbocycles. The average molecular weight is 795 g/mol. The van der Waals surface area contributed by atoms with Crippen LogP contribution in [0.3, 0.4) is 0 Å². The molecule has 0 radical (unpaired) electrons. The molecule has 6 atom stereocenters. The summed E-state index contributed by atoms with van der Waals surface area (Å²) in [7, 11) is 0. The van der Waals surface area contributed by atoms with Gasteiger partial charge in [0.1, 0.15) is 30.5 Å². The van der Waals surface area contributed by atoms with Gasteiger partial charge >= 0.3 is 5.97 Å². The van der Waals surface area contributed by atoms with Gasteiger partial charge < -0.3 is 39.4 Å². The Balaban J connectivity index is 2.26. The first-order valence-corrected chi connectivity index (χ1v) is 23.1. The van der Waals surface area contributed by atoms with Crippen molar-refractivity contribution in [2.75, 3.05) is 26.4 Å². The fraction of sp³-hybridized carbons (Fsp3) is 0.851. The molecule has 1 heterocycles. The maximum atomic E-state index is 12.8. The Morgan fingerprint density at radius 2 is 1.04 bits per heavy atom. The number of ether oxygens (including phenoxy) is 4. The molecule has 1 aliphatic rings. The summed E-state index contributed by atoms with van der Waals surface area (Å²) >= 11 is 0. The van der Waals surface area contributed by atoms with Crippen LogP contribution in [0.5, 0.6) is 0 Å². The first-order valence-electron chi connectivity index (χ1n) is 23.1. The van der Waals surface area contributed by atoms with E-state index in [9.17, 15) is 25.2 Å². The van der Waals surface area contributed by atoms with E-state index < -0.39 is 43.4 Å². The molecule has 9 heteroatoms. The summed E-state index contributed by atoms with van der Waals surface area (Å²) < 4.78 is 22.8. The predicted octanol–water partition coefficient (Wildman–Crippen LogP) is 10.4. The Hall–Kier alpha value is -1.59.